The van der Waals surface area contributed by atoms with Crippen molar-refractivity contribution in [2.24, 2.45) is 0 Å². The van der Waals surface area contributed by atoms with Crippen molar-refractivity contribution in [1.29, 1.82) is 0 Å². The number of benzene rings is 1. The number of imidazole rings is 1. The van der Waals surface area contributed by atoms with E-state index in [4.69, 9.17) is 0 Å². The van der Waals surface area contributed by atoms with Crippen LogP contribution < -0.4 is 0 Å². The van der Waals surface area contributed by atoms with Crippen LogP contribution in [0.3, 0.4) is 0 Å². The Balaban J connectivity index is 1.43. The Labute approximate surface area is 141 Å². The van der Waals surface area contributed by atoms with Gasteiger partial charge in [-0.3, -0.25) is 14.3 Å². The molecular formula is C17H15N5OS. The minimum Gasteiger partial charge on any atom is -0.337 e. The molecule has 0 bridgehead atoms. The molecule has 0 aliphatic carbocycles. The molecule has 0 radical (unpaired) electrons. The molecule has 7 heteroatoms. The zero-order chi connectivity index (χ0) is 16.1. The predicted octanol–water partition coefficient (Wildman–Crippen LogP) is 2.90. The van der Waals surface area contributed by atoms with Gasteiger partial charge in [-0.1, -0.05) is 18.2 Å². The molecule has 0 spiro atoms. The molecule has 1 aromatic carbocycles. The zero-order valence-corrected chi connectivity index (χ0v) is 13.7. The SMILES string of the molecule is O=C(c1n[nH]c2ccccc12)N1CC[C@@H](c2ncn3ccsc23)C1. The number of amides is 1. The van der Waals surface area contributed by atoms with Crippen LogP contribution in [-0.4, -0.2) is 43.5 Å². The summed E-state index contributed by atoms with van der Waals surface area (Å²) in [5.41, 5.74) is 2.51. The molecule has 1 aliphatic heterocycles. The predicted molar refractivity (Wildman–Crippen MR) is 92.4 cm³/mol. The average molecular weight is 337 g/mol. The van der Waals surface area contributed by atoms with Gasteiger partial charge in [0.2, 0.25) is 0 Å². The molecule has 3 aromatic heterocycles. The molecule has 24 heavy (non-hydrogen) atoms. The van der Waals surface area contributed by atoms with Gasteiger partial charge < -0.3 is 4.90 Å². The number of rotatable bonds is 2. The van der Waals surface area contributed by atoms with Gasteiger partial charge >= 0.3 is 0 Å². The van der Waals surface area contributed by atoms with E-state index in [1.54, 1.807) is 11.3 Å². The zero-order valence-electron chi connectivity index (χ0n) is 12.8. The number of hydrogen-bond donors (Lipinski definition) is 1. The second-order valence-electron chi connectivity index (χ2n) is 6.10. The summed E-state index contributed by atoms with van der Waals surface area (Å²) in [6, 6.07) is 7.74. The molecule has 4 aromatic rings. The van der Waals surface area contributed by atoms with Crippen molar-refractivity contribution < 1.29 is 4.79 Å². The van der Waals surface area contributed by atoms with Gasteiger partial charge in [-0.15, -0.1) is 11.3 Å². The van der Waals surface area contributed by atoms with Crippen LogP contribution in [0.1, 0.15) is 28.5 Å². The highest BCUT2D eigenvalue weighted by Gasteiger charge is 2.32. The Hall–Kier alpha value is -2.67. The number of H-pyrrole nitrogens is 1. The first-order chi connectivity index (χ1) is 11.8. The van der Waals surface area contributed by atoms with Crippen LogP contribution in [0.5, 0.6) is 0 Å². The van der Waals surface area contributed by atoms with Gasteiger partial charge in [-0.05, 0) is 12.5 Å². The van der Waals surface area contributed by atoms with Crippen LogP contribution in [0.25, 0.3) is 15.7 Å². The number of hydrogen-bond acceptors (Lipinski definition) is 4. The third kappa shape index (κ3) is 1.98. The maximum Gasteiger partial charge on any atom is 0.275 e. The van der Waals surface area contributed by atoms with E-state index in [1.165, 1.54) is 4.83 Å². The summed E-state index contributed by atoms with van der Waals surface area (Å²) in [5, 5.41) is 10.1. The second-order valence-corrected chi connectivity index (χ2v) is 6.99. The third-order valence-corrected chi connectivity index (χ3v) is 5.61. The van der Waals surface area contributed by atoms with Gasteiger partial charge in [0.1, 0.15) is 11.2 Å². The van der Waals surface area contributed by atoms with Crippen LogP contribution in [-0.2, 0) is 0 Å². The molecule has 1 saturated heterocycles. The fourth-order valence-electron chi connectivity index (χ4n) is 3.48. The van der Waals surface area contributed by atoms with Gasteiger partial charge in [-0.2, -0.15) is 5.10 Å². The summed E-state index contributed by atoms with van der Waals surface area (Å²) < 4.78 is 2.05. The number of nitrogens with zero attached hydrogens (tertiary/aromatic N) is 4. The van der Waals surface area contributed by atoms with Crippen molar-refractivity contribution in [2.75, 3.05) is 13.1 Å². The van der Waals surface area contributed by atoms with Crippen LogP contribution in [0, 0.1) is 0 Å². The largest absolute Gasteiger partial charge is 0.337 e. The van der Waals surface area contributed by atoms with E-state index < -0.39 is 0 Å². The summed E-state index contributed by atoms with van der Waals surface area (Å²) in [5.74, 6) is 0.291. The van der Waals surface area contributed by atoms with Crippen molar-refractivity contribution >= 4 is 33.0 Å². The molecular weight excluding hydrogens is 322 g/mol. The molecule has 1 N–H and O–H groups in total. The number of likely N-dealkylation sites (tertiary alicyclic amines) is 1. The Kier molecular flexibility index (Phi) is 2.96. The third-order valence-electron chi connectivity index (χ3n) is 4.71. The molecule has 6 nitrogen and oxygen atoms in total. The number of carbonyl (C=O) groups excluding carboxylic acids is 1. The number of nitrogens with one attached hydrogen (secondary N) is 1. The lowest BCUT2D eigenvalue weighted by molar-refractivity contribution is 0.0787. The van der Waals surface area contributed by atoms with E-state index in [0.29, 0.717) is 18.2 Å². The smallest absolute Gasteiger partial charge is 0.275 e. The monoisotopic (exact) mass is 337 g/mol. The molecule has 1 atom stereocenters. The molecule has 1 amide bonds. The number of para-hydroxylation sites is 1. The van der Waals surface area contributed by atoms with Crippen molar-refractivity contribution in [2.45, 2.75) is 12.3 Å². The van der Waals surface area contributed by atoms with Gasteiger partial charge in [0.25, 0.3) is 5.91 Å². The van der Waals surface area contributed by atoms with E-state index in [2.05, 4.69) is 20.6 Å². The quantitative estimate of drug-likeness (QED) is 0.611. The maximum atomic E-state index is 12.9. The van der Waals surface area contributed by atoms with Crippen molar-refractivity contribution in [3.05, 3.63) is 53.6 Å². The minimum absolute atomic E-state index is 0.00316. The van der Waals surface area contributed by atoms with Gasteiger partial charge in [-0.25, -0.2) is 4.98 Å². The molecule has 1 fully saturated rings. The highest BCUT2D eigenvalue weighted by atomic mass is 32.1. The first-order valence-electron chi connectivity index (χ1n) is 7.93. The number of aromatic amines is 1. The summed E-state index contributed by atoms with van der Waals surface area (Å²) in [4.78, 5) is 20.5. The molecule has 4 heterocycles. The van der Waals surface area contributed by atoms with E-state index in [9.17, 15) is 4.79 Å². The fourth-order valence-corrected chi connectivity index (χ4v) is 4.37. The van der Waals surface area contributed by atoms with E-state index in [-0.39, 0.29) is 5.91 Å². The molecule has 0 saturated carbocycles. The standard InChI is InChI=1S/C17H15N5OS/c23-16(15-12-3-1-2-4-13(12)19-20-15)21-6-5-11(9-21)14-17-22(10-18-14)7-8-24-17/h1-4,7-8,10-11H,5-6,9H2,(H,19,20)/t11-/m1/s1. The van der Waals surface area contributed by atoms with Gasteiger partial charge in [0.15, 0.2) is 5.69 Å². The molecule has 120 valence electrons. The molecule has 5 rings (SSSR count). The van der Waals surface area contributed by atoms with Crippen LogP contribution in [0.2, 0.25) is 0 Å². The summed E-state index contributed by atoms with van der Waals surface area (Å²) in [6.07, 6.45) is 4.82. The maximum absolute atomic E-state index is 12.9. The minimum atomic E-state index is -0.00316. The number of carbonyl (C=O) groups is 1. The summed E-state index contributed by atoms with van der Waals surface area (Å²) in [7, 11) is 0. The second kappa shape index (κ2) is 5.17. The number of thiazole rings is 1. The Morgan fingerprint density at radius 2 is 2.25 bits per heavy atom. The highest BCUT2D eigenvalue weighted by Crippen LogP contribution is 2.32. The van der Waals surface area contributed by atoms with Crippen molar-refractivity contribution in [3.63, 3.8) is 0 Å². The van der Waals surface area contributed by atoms with E-state index in [0.717, 1.165) is 29.6 Å². The topological polar surface area (TPSA) is 66.3 Å². The van der Waals surface area contributed by atoms with Crippen molar-refractivity contribution in [3.8, 4) is 0 Å². The Bertz CT molecular complexity index is 1050. The van der Waals surface area contributed by atoms with Crippen LogP contribution in [0.15, 0.2) is 42.2 Å². The van der Waals surface area contributed by atoms with Crippen molar-refractivity contribution in [1.82, 2.24) is 24.5 Å². The average Bonchev–Trinajstić information content (AvgIpc) is 3.35. The van der Waals surface area contributed by atoms with Crippen LogP contribution >= 0.6 is 11.3 Å². The molecule has 1 aliphatic rings. The lowest BCUT2D eigenvalue weighted by Crippen LogP contribution is -2.29. The Morgan fingerprint density at radius 3 is 3.21 bits per heavy atom. The normalized spacial score (nSPS) is 18.0. The lowest BCUT2D eigenvalue weighted by Gasteiger charge is -2.14. The summed E-state index contributed by atoms with van der Waals surface area (Å²) >= 11 is 1.70. The first kappa shape index (κ1) is 13.7. The molecule has 0 unspecified atom stereocenters. The Morgan fingerprint density at radius 1 is 1.33 bits per heavy atom. The highest BCUT2D eigenvalue weighted by molar-refractivity contribution is 7.15. The van der Waals surface area contributed by atoms with E-state index >= 15 is 0 Å². The van der Waals surface area contributed by atoms with E-state index in [1.807, 2.05) is 46.1 Å². The fraction of sp³-hybridized carbons (Fsp3) is 0.235. The van der Waals surface area contributed by atoms with Gasteiger partial charge in [0, 0.05) is 36.0 Å². The number of fused-ring (bicyclic) bond motifs is 2. The first-order valence-corrected chi connectivity index (χ1v) is 8.81. The van der Waals surface area contributed by atoms with Gasteiger partial charge in [0.05, 0.1) is 11.2 Å². The lowest BCUT2D eigenvalue weighted by atomic mass is 10.1. The summed E-state index contributed by atoms with van der Waals surface area (Å²) in [6.45, 7) is 1.44. The number of aromatic nitrogens is 4. The van der Waals surface area contributed by atoms with Crippen LogP contribution in [0.4, 0.5) is 0 Å².